The van der Waals surface area contributed by atoms with Gasteiger partial charge in [-0.05, 0) is 42.7 Å². The largest absolute Gasteiger partial charge is 0.469 e. The van der Waals surface area contributed by atoms with Crippen LogP contribution in [0.15, 0.2) is 11.1 Å². The van der Waals surface area contributed by atoms with Gasteiger partial charge in [0.05, 0.1) is 25.0 Å². The number of carbonyl (C=O) groups is 5. The van der Waals surface area contributed by atoms with Gasteiger partial charge in [-0.3, -0.25) is 24.0 Å². The van der Waals surface area contributed by atoms with Gasteiger partial charge in [-0.15, -0.1) is 0 Å². The van der Waals surface area contributed by atoms with E-state index in [4.69, 9.17) is 9.47 Å². The topological polar surface area (TPSA) is 127 Å². The second kappa shape index (κ2) is 7.47. The van der Waals surface area contributed by atoms with Crippen molar-refractivity contribution in [3.8, 4) is 0 Å². The van der Waals surface area contributed by atoms with Crippen LogP contribution in [0.2, 0.25) is 0 Å². The molecule has 4 fully saturated rings. The van der Waals surface area contributed by atoms with Crippen molar-refractivity contribution in [3.63, 3.8) is 0 Å². The fourth-order valence-electron chi connectivity index (χ4n) is 7.82. The maximum Gasteiger partial charge on any atom is 0.311 e. The maximum absolute atomic E-state index is 14.4. The van der Waals surface area contributed by atoms with Gasteiger partial charge in [0.15, 0.2) is 5.78 Å². The average molecular weight is 474 g/mol. The van der Waals surface area contributed by atoms with Crippen molar-refractivity contribution in [3.05, 3.63) is 11.1 Å². The summed E-state index contributed by atoms with van der Waals surface area (Å²) in [6.45, 7) is 3.57. The molecule has 6 aliphatic rings. The highest BCUT2D eigenvalue weighted by Gasteiger charge is 2.78. The fraction of sp³-hybridized carbons (Fsp3) is 0.720. The van der Waals surface area contributed by atoms with E-state index in [1.807, 2.05) is 0 Å². The van der Waals surface area contributed by atoms with Crippen molar-refractivity contribution >= 4 is 29.4 Å². The van der Waals surface area contributed by atoms with Crippen molar-refractivity contribution in [1.82, 2.24) is 4.90 Å². The van der Waals surface area contributed by atoms with Crippen LogP contribution in [0.25, 0.3) is 0 Å². The second-order valence-electron chi connectivity index (χ2n) is 10.8. The zero-order chi connectivity index (χ0) is 24.6. The molecular formula is C25H31NO8. The Balaban J connectivity index is 1.81. The van der Waals surface area contributed by atoms with Gasteiger partial charge in [-0.1, -0.05) is 6.92 Å². The smallest absolute Gasteiger partial charge is 0.311 e. The minimum Gasteiger partial charge on any atom is -0.469 e. The molecule has 0 aromatic carbocycles. The fourth-order valence-corrected chi connectivity index (χ4v) is 7.82. The molecule has 3 aliphatic carbocycles. The lowest BCUT2D eigenvalue weighted by molar-refractivity contribution is -0.182. The minimum atomic E-state index is -1.69. The SMILES string of the molecule is COC(=O)[C@@H]1C[C@@]23C(=O)N4C[C@@H](CC5=C2[C@]1(O)CCC5=O)[C@]3(COC(C)=O)CCC(=O)[C@H](C)C4. The summed E-state index contributed by atoms with van der Waals surface area (Å²) < 4.78 is 10.6. The molecule has 184 valence electrons. The molecule has 4 bridgehead atoms. The Labute approximate surface area is 197 Å². The Hall–Kier alpha value is -2.55. The molecule has 9 heteroatoms. The van der Waals surface area contributed by atoms with E-state index in [0.717, 1.165) is 0 Å². The molecule has 6 rings (SSSR count). The predicted molar refractivity (Wildman–Crippen MR) is 116 cm³/mol. The van der Waals surface area contributed by atoms with Gasteiger partial charge in [-0.2, -0.15) is 0 Å². The zero-order valence-corrected chi connectivity index (χ0v) is 19.8. The first-order valence-corrected chi connectivity index (χ1v) is 12.0. The summed E-state index contributed by atoms with van der Waals surface area (Å²) in [7, 11) is 1.24. The van der Waals surface area contributed by atoms with Crippen LogP contribution in [0.5, 0.6) is 0 Å². The molecule has 1 amide bonds. The van der Waals surface area contributed by atoms with Crippen LogP contribution in [0.3, 0.4) is 0 Å². The minimum absolute atomic E-state index is 0.0231. The number of piperidine rings is 1. The van der Waals surface area contributed by atoms with Gasteiger partial charge < -0.3 is 19.5 Å². The molecule has 0 aromatic rings. The summed E-state index contributed by atoms with van der Waals surface area (Å²) in [5.41, 5.74) is -3.33. The van der Waals surface area contributed by atoms with Crippen LogP contribution in [0.4, 0.5) is 0 Å². The van der Waals surface area contributed by atoms with Crippen LogP contribution >= 0.6 is 0 Å². The number of ketones is 2. The Morgan fingerprint density at radius 3 is 2.56 bits per heavy atom. The van der Waals surface area contributed by atoms with Crippen molar-refractivity contribution in [1.29, 1.82) is 0 Å². The normalized spacial score (nSPS) is 41.0. The summed E-state index contributed by atoms with van der Waals surface area (Å²) >= 11 is 0. The van der Waals surface area contributed by atoms with Crippen molar-refractivity contribution in [2.75, 3.05) is 26.8 Å². The quantitative estimate of drug-likeness (QED) is 0.601. The van der Waals surface area contributed by atoms with Gasteiger partial charge in [-0.25, -0.2) is 0 Å². The highest BCUT2D eigenvalue weighted by atomic mass is 16.5. The third-order valence-electron chi connectivity index (χ3n) is 9.37. The second-order valence-corrected chi connectivity index (χ2v) is 10.8. The first-order chi connectivity index (χ1) is 16.0. The highest BCUT2D eigenvalue weighted by Crippen LogP contribution is 2.72. The summed E-state index contributed by atoms with van der Waals surface area (Å²) in [6.07, 6.45) is 0.888. The molecule has 34 heavy (non-hydrogen) atoms. The van der Waals surface area contributed by atoms with Crippen LogP contribution in [0, 0.1) is 28.6 Å². The number of aliphatic hydroxyl groups is 1. The number of hydrogen-bond acceptors (Lipinski definition) is 8. The summed E-state index contributed by atoms with van der Waals surface area (Å²) in [4.78, 5) is 67.1. The maximum atomic E-state index is 14.4. The summed E-state index contributed by atoms with van der Waals surface area (Å²) in [5.74, 6) is -3.14. The first kappa shape index (κ1) is 23.2. The van der Waals surface area contributed by atoms with E-state index in [-0.39, 0.29) is 74.6 Å². The standard InChI is InChI=1S/C25H31NO8/c1-13-10-26-11-15-8-16-19(29)5-7-25(32)17(21(30)33-3)9-24(20(16)25,22(26)31)23(15,6-4-18(13)28)12-34-14(2)27/h13,15,17,32H,4-12H2,1-3H3/t13-,15-,17+,23-,24+,25+/m1/s1. The van der Waals surface area contributed by atoms with E-state index in [9.17, 15) is 29.1 Å². The van der Waals surface area contributed by atoms with E-state index in [1.165, 1.54) is 14.0 Å². The molecule has 6 atom stereocenters. The van der Waals surface area contributed by atoms with E-state index in [0.29, 0.717) is 24.1 Å². The zero-order valence-electron chi connectivity index (χ0n) is 19.8. The van der Waals surface area contributed by atoms with Gasteiger partial charge in [0.2, 0.25) is 5.91 Å². The Kier molecular flexibility index (Phi) is 5.10. The van der Waals surface area contributed by atoms with Crippen LogP contribution in [-0.2, 0) is 33.4 Å². The molecular weight excluding hydrogens is 442 g/mol. The van der Waals surface area contributed by atoms with Gasteiger partial charge in [0.1, 0.15) is 11.4 Å². The van der Waals surface area contributed by atoms with E-state index >= 15 is 0 Å². The lowest BCUT2D eigenvalue weighted by Crippen LogP contribution is -2.68. The molecule has 3 heterocycles. The lowest BCUT2D eigenvalue weighted by atomic mass is 9.45. The van der Waals surface area contributed by atoms with Crippen LogP contribution in [0.1, 0.15) is 52.4 Å². The van der Waals surface area contributed by atoms with E-state index in [1.54, 1.807) is 11.8 Å². The average Bonchev–Trinajstić information content (AvgIpc) is 3.11. The number of methoxy groups -OCH3 is 1. The van der Waals surface area contributed by atoms with Crippen LogP contribution < -0.4 is 0 Å². The summed E-state index contributed by atoms with van der Waals surface area (Å²) in [6, 6.07) is 0. The molecule has 1 spiro atoms. The summed E-state index contributed by atoms with van der Waals surface area (Å²) in [5, 5.41) is 12.0. The molecule has 0 radical (unpaired) electrons. The number of Topliss-reactive ketones (excluding diaryl/α,β-unsaturated/α-hetero) is 2. The van der Waals surface area contributed by atoms with Crippen molar-refractivity contribution in [2.45, 2.75) is 58.0 Å². The third kappa shape index (κ3) is 2.73. The molecule has 1 saturated carbocycles. The monoisotopic (exact) mass is 473 g/mol. The molecule has 3 saturated heterocycles. The number of esters is 2. The number of rotatable bonds is 3. The first-order valence-electron chi connectivity index (χ1n) is 12.0. The van der Waals surface area contributed by atoms with Crippen molar-refractivity contribution in [2.24, 2.45) is 28.6 Å². The molecule has 0 aromatic heterocycles. The number of carbonyl (C=O) groups excluding carboxylic acids is 5. The molecule has 3 aliphatic heterocycles. The van der Waals surface area contributed by atoms with Crippen molar-refractivity contribution < 1.29 is 38.6 Å². The van der Waals surface area contributed by atoms with Gasteiger partial charge >= 0.3 is 11.9 Å². The number of nitrogens with zero attached hydrogens (tertiary/aromatic N) is 1. The molecule has 0 unspecified atom stereocenters. The molecule has 1 N–H and O–H groups in total. The Morgan fingerprint density at radius 1 is 1.15 bits per heavy atom. The van der Waals surface area contributed by atoms with Gasteiger partial charge in [0.25, 0.3) is 0 Å². The van der Waals surface area contributed by atoms with E-state index < -0.39 is 34.3 Å². The number of fused-ring (bicyclic) bond motifs is 4. The Bertz CT molecular complexity index is 1050. The van der Waals surface area contributed by atoms with Gasteiger partial charge in [0, 0.05) is 44.2 Å². The predicted octanol–water partition coefficient (Wildman–Crippen LogP) is 0.967. The highest BCUT2D eigenvalue weighted by molar-refractivity contribution is 6.03. The third-order valence-corrected chi connectivity index (χ3v) is 9.37. The number of amides is 1. The number of hydrogen-bond donors (Lipinski definition) is 1. The molecule has 9 nitrogen and oxygen atoms in total. The Morgan fingerprint density at radius 2 is 1.88 bits per heavy atom. The number of ether oxygens (including phenoxy) is 2. The van der Waals surface area contributed by atoms with Crippen LogP contribution in [-0.4, -0.2) is 71.8 Å². The van der Waals surface area contributed by atoms with E-state index in [2.05, 4.69) is 0 Å². The number of allylic oxidation sites excluding steroid dienone is 1. The lowest BCUT2D eigenvalue weighted by Gasteiger charge is -2.62.